The zero-order chi connectivity index (χ0) is 5.82. The van der Waals surface area contributed by atoms with Crippen molar-refractivity contribution in [2.45, 2.75) is 6.42 Å². The van der Waals surface area contributed by atoms with Gasteiger partial charge in [0.15, 0.2) is 0 Å². The molecule has 0 unspecified atom stereocenters. The van der Waals surface area contributed by atoms with E-state index in [4.69, 9.17) is 6.42 Å². The van der Waals surface area contributed by atoms with Crippen LogP contribution in [0.25, 0.3) is 0 Å². The van der Waals surface area contributed by atoms with Crippen molar-refractivity contribution in [1.82, 2.24) is 9.97 Å². The number of nitrogens with one attached hydrogen (secondary N) is 1. The van der Waals surface area contributed by atoms with Gasteiger partial charge in [-0.25, -0.2) is 4.98 Å². The predicted octanol–water partition coefficient (Wildman–Crippen LogP) is 0.542. The Balaban J connectivity index is 2.67. The third-order valence-corrected chi connectivity index (χ3v) is 0.811. The summed E-state index contributed by atoms with van der Waals surface area (Å²) in [5.41, 5.74) is 0. The third-order valence-electron chi connectivity index (χ3n) is 0.811. The fourth-order valence-corrected chi connectivity index (χ4v) is 0.478. The van der Waals surface area contributed by atoms with E-state index in [9.17, 15) is 0 Å². The largest absolute Gasteiger partial charge is 0.348 e. The standard InChI is InChI=1S/C6H5N2/c1-2-3-6-7-4-5-8-6/h4-5H,3H2,(H,7,8). The van der Waals surface area contributed by atoms with E-state index in [0.717, 1.165) is 5.82 Å². The summed E-state index contributed by atoms with van der Waals surface area (Å²) in [7, 11) is 0. The summed E-state index contributed by atoms with van der Waals surface area (Å²) in [6.45, 7) is 0. The maximum Gasteiger partial charge on any atom is 0.118 e. The van der Waals surface area contributed by atoms with Crippen LogP contribution >= 0.6 is 0 Å². The van der Waals surface area contributed by atoms with Crippen molar-refractivity contribution >= 4 is 0 Å². The van der Waals surface area contributed by atoms with Gasteiger partial charge >= 0.3 is 0 Å². The molecule has 0 aliphatic carbocycles. The minimum atomic E-state index is 0.479. The van der Waals surface area contributed by atoms with Gasteiger partial charge in [0.25, 0.3) is 0 Å². The van der Waals surface area contributed by atoms with Gasteiger partial charge in [0, 0.05) is 12.4 Å². The van der Waals surface area contributed by atoms with Crippen LogP contribution in [-0.4, -0.2) is 9.97 Å². The van der Waals surface area contributed by atoms with E-state index < -0.39 is 0 Å². The topological polar surface area (TPSA) is 28.7 Å². The summed E-state index contributed by atoms with van der Waals surface area (Å²) in [6, 6.07) is 0. The molecule has 1 aromatic heterocycles. The van der Waals surface area contributed by atoms with Crippen molar-refractivity contribution in [2.24, 2.45) is 0 Å². The highest BCUT2D eigenvalue weighted by Crippen LogP contribution is 1.85. The second-order valence-electron chi connectivity index (χ2n) is 1.39. The number of aromatic nitrogens is 2. The third kappa shape index (κ3) is 0.881. The fourth-order valence-electron chi connectivity index (χ4n) is 0.478. The second kappa shape index (κ2) is 2.17. The van der Waals surface area contributed by atoms with Crippen LogP contribution in [0.2, 0.25) is 0 Å². The van der Waals surface area contributed by atoms with Crippen molar-refractivity contribution < 1.29 is 0 Å². The summed E-state index contributed by atoms with van der Waals surface area (Å²) in [5.74, 6) is 3.02. The number of hydrogen-bond donors (Lipinski definition) is 1. The Morgan fingerprint density at radius 1 is 1.88 bits per heavy atom. The first kappa shape index (κ1) is 4.92. The van der Waals surface area contributed by atoms with Crippen LogP contribution in [0.5, 0.6) is 0 Å². The van der Waals surface area contributed by atoms with E-state index in [1.807, 2.05) is 0 Å². The van der Waals surface area contributed by atoms with Gasteiger partial charge in [0.2, 0.25) is 0 Å². The molecule has 0 fully saturated rings. The molecule has 0 saturated heterocycles. The van der Waals surface area contributed by atoms with Crippen molar-refractivity contribution in [3.05, 3.63) is 24.6 Å². The fraction of sp³-hybridized carbons (Fsp3) is 0.167. The lowest BCUT2D eigenvalue weighted by molar-refractivity contribution is 1.08. The summed E-state index contributed by atoms with van der Waals surface area (Å²) < 4.78 is 0. The second-order valence-corrected chi connectivity index (χ2v) is 1.39. The molecule has 8 heavy (non-hydrogen) atoms. The van der Waals surface area contributed by atoms with E-state index in [0.29, 0.717) is 6.42 Å². The maximum atomic E-state index is 6.57. The molecule has 0 aliphatic rings. The Morgan fingerprint density at radius 3 is 3.25 bits per heavy atom. The Labute approximate surface area is 48.0 Å². The molecule has 0 saturated carbocycles. The normalized spacial score (nSPS) is 8.38. The number of hydrogen-bond acceptors (Lipinski definition) is 1. The van der Waals surface area contributed by atoms with Crippen LogP contribution in [-0.2, 0) is 6.42 Å². The van der Waals surface area contributed by atoms with Gasteiger partial charge in [-0.1, -0.05) is 5.92 Å². The highest BCUT2D eigenvalue weighted by Gasteiger charge is 1.85. The summed E-state index contributed by atoms with van der Waals surface area (Å²) >= 11 is 0. The Bertz CT molecular complexity index is 181. The maximum absolute atomic E-state index is 6.57. The van der Waals surface area contributed by atoms with Gasteiger partial charge in [-0.15, -0.1) is 0 Å². The molecule has 39 valence electrons. The first-order valence-corrected chi connectivity index (χ1v) is 2.31. The van der Waals surface area contributed by atoms with Gasteiger partial charge in [-0.05, 0) is 6.42 Å². The molecule has 0 spiro atoms. The average molecular weight is 105 g/mol. The molecule has 0 bridgehead atoms. The monoisotopic (exact) mass is 105 g/mol. The first-order chi connectivity index (χ1) is 3.93. The van der Waals surface area contributed by atoms with E-state index in [2.05, 4.69) is 15.9 Å². The first-order valence-electron chi connectivity index (χ1n) is 2.31. The van der Waals surface area contributed by atoms with Gasteiger partial charge in [0.1, 0.15) is 5.82 Å². The van der Waals surface area contributed by atoms with Crippen LogP contribution in [0.15, 0.2) is 12.4 Å². The highest BCUT2D eigenvalue weighted by molar-refractivity contribution is 4.96. The SMILES string of the molecule is [C]#CCc1ncc[nH]1. The minimum Gasteiger partial charge on any atom is -0.348 e. The van der Waals surface area contributed by atoms with Crippen LogP contribution in [0.3, 0.4) is 0 Å². The van der Waals surface area contributed by atoms with Crippen LogP contribution in [0, 0.1) is 12.3 Å². The molecule has 1 radical (unpaired) electrons. The predicted molar refractivity (Wildman–Crippen MR) is 29.4 cm³/mol. The summed E-state index contributed by atoms with van der Waals surface area (Å²) in [6.07, 6.45) is 10.4. The number of H-pyrrole nitrogens is 1. The molecule has 2 nitrogen and oxygen atoms in total. The van der Waals surface area contributed by atoms with Crippen LogP contribution in [0.1, 0.15) is 5.82 Å². The molecule has 2 heteroatoms. The minimum absolute atomic E-state index is 0.479. The van der Waals surface area contributed by atoms with Crippen molar-refractivity contribution in [3.63, 3.8) is 0 Å². The lowest BCUT2D eigenvalue weighted by atomic mass is 10.4. The quantitative estimate of drug-likeness (QED) is 0.519. The van der Waals surface area contributed by atoms with E-state index >= 15 is 0 Å². The van der Waals surface area contributed by atoms with Gasteiger partial charge in [-0.3, -0.25) is 0 Å². The molecule has 1 aromatic rings. The molecule has 0 aromatic carbocycles. The van der Waals surface area contributed by atoms with E-state index in [-0.39, 0.29) is 0 Å². The zero-order valence-electron chi connectivity index (χ0n) is 4.31. The number of aromatic amines is 1. The van der Waals surface area contributed by atoms with Crippen LogP contribution in [0.4, 0.5) is 0 Å². The van der Waals surface area contributed by atoms with Gasteiger partial charge in [-0.2, -0.15) is 0 Å². The van der Waals surface area contributed by atoms with Crippen molar-refractivity contribution in [1.29, 1.82) is 0 Å². The molecular formula is C6H5N2. The highest BCUT2D eigenvalue weighted by atomic mass is 14.9. The lowest BCUT2D eigenvalue weighted by Gasteiger charge is -1.79. The number of rotatable bonds is 1. The van der Waals surface area contributed by atoms with Gasteiger partial charge < -0.3 is 4.98 Å². The van der Waals surface area contributed by atoms with Crippen LogP contribution < -0.4 is 0 Å². The number of imidazole rings is 1. The van der Waals surface area contributed by atoms with Crippen molar-refractivity contribution in [3.8, 4) is 5.92 Å². The molecule has 1 N–H and O–H groups in total. The Kier molecular flexibility index (Phi) is 1.34. The summed E-state index contributed by atoms with van der Waals surface area (Å²) in [5, 5.41) is 0. The zero-order valence-corrected chi connectivity index (χ0v) is 4.31. The Morgan fingerprint density at radius 2 is 2.75 bits per heavy atom. The molecule has 1 heterocycles. The van der Waals surface area contributed by atoms with E-state index in [1.54, 1.807) is 12.4 Å². The summed E-state index contributed by atoms with van der Waals surface area (Å²) in [4.78, 5) is 6.71. The Hall–Kier alpha value is -1.23. The molecule has 0 aliphatic heterocycles. The average Bonchev–Trinajstić information content (AvgIpc) is 2.19. The molecular weight excluding hydrogens is 100 g/mol. The van der Waals surface area contributed by atoms with Crippen molar-refractivity contribution in [2.75, 3.05) is 0 Å². The lowest BCUT2D eigenvalue weighted by Crippen LogP contribution is -1.81. The molecule has 0 amide bonds. The molecule has 0 atom stereocenters. The smallest absolute Gasteiger partial charge is 0.118 e. The van der Waals surface area contributed by atoms with E-state index in [1.165, 1.54) is 0 Å². The number of nitrogens with zero attached hydrogens (tertiary/aromatic N) is 1. The van der Waals surface area contributed by atoms with Gasteiger partial charge in [0.05, 0.1) is 6.42 Å². The molecule has 1 rings (SSSR count).